The highest BCUT2D eigenvalue weighted by molar-refractivity contribution is 7.26. The molecule has 0 aliphatic carbocycles. The summed E-state index contributed by atoms with van der Waals surface area (Å²) in [5.41, 5.74) is 7.67. The molecule has 0 radical (unpaired) electrons. The van der Waals surface area contributed by atoms with Gasteiger partial charge in [0.25, 0.3) is 0 Å². The van der Waals surface area contributed by atoms with E-state index >= 15 is 0 Å². The average Bonchev–Trinajstić information content (AvgIpc) is 3.74. The van der Waals surface area contributed by atoms with E-state index in [1.807, 2.05) is 29.7 Å². The molecule has 6 heteroatoms. The number of fused-ring (bicyclic) bond motifs is 8. The zero-order valence-corrected chi connectivity index (χ0v) is 26.7. The van der Waals surface area contributed by atoms with Gasteiger partial charge in [0.1, 0.15) is 29.5 Å². The van der Waals surface area contributed by atoms with Gasteiger partial charge in [-0.25, -0.2) is 0 Å². The van der Waals surface area contributed by atoms with Gasteiger partial charge in [0.2, 0.25) is 0 Å². The first-order chi connectivity index (χ1) is 23.8. The third-order valence-electron chi connectivity index (χ3n) is 9.63. The first kappa shape index (κ1) is 27.4. The van der Waals surface area contributed by atoms with E-state index in [1.165, 1.54) is 36.5 Å². The molecule has 4 heterocycles. The highest BCUT2D eigenvalue weighted by Crippen LogP contribution is 2.44. The van der Waals surface area contributed by atoms with E-state index in [4.69, 9.17) is 9.41 Å². The van der Waals surface area contributed by atoms with Gasteiger partial charge < -0.3 is 15.1 Å². The third kappa shape index (κ3) is 4.38. The van der Waals surface area contributed by atoms with E-state index in [2.05, 4.69) is 137 Å². The molecule has 0 saturated carbocycles. The molecule has 6 aromatic carbocycles. The predicted octanol–water partition coefficient (Wildman–Crippen LogP) is 10.1. The van der Waals surface area contributed by atoms with Crippen molar-refractivity contribution in [3.8, 4) is 11.1 Å². The van der Waals surface area contributed by atoms with Crippen LogP contribution in [0.25, 0.3) is 58.6 Å². The van der Waals surface area contributed by atoms with Crippen LogP contribution in [0.2, 0.25) is 0 Å². The Kier molecular flexibility index (Phi) is 6.25. The van der Waals surface area contributed by atoms with Crippen molar-refractivity contribution in [2.75, 3.05) is 0 Å². The maximum absolute atomic E-state index is 6.61. The molecule has 3 N–H and O–H groups in total. The minimum Gasteiger partial charge on any atom is -0.458 e. The van der Waals surface area contributed by atoms with Crippen LogP contribution >= 0.6 is 11.3 Å². The van der Waals surface area contributed by atoms with Crippen LogP contribution in [-0.4, -0.2) is 6.21 Å². The minimum atomic E-state index is -0.0948. The van der Waals surface area contributed by atoms with Gasteiger partial charge in [-0.2, -0.15) is 0 Å². The minimum absolute atomic E-state index is 0.0948. The fourth-order valence-corrected chi connectivity index (χ4v) is 8.63. The maximum Gasteiger partial charge on any atom is 0.135 e. The van der Waals surface area contributed by atoms with Crippen molar-refractivity contribution in [2.45, 2.75) is 18.9 Å². The molecule has 1 fully saturated rings. The first-order valence-electron chi connectivity index (χ1n) is 16.3. The van der Waals surface area contributed by atoms with Crippen LogP contribution in [0.5, 0.6) is 0 Å². The molecule has 1 saturated heterocycles. The SMILES string of the molecule is C1=NCc2oc3cc(-c4cccc5c4sc4ccc6ccccc6c45)ccc3c2C1=C1NC(c2ccccc2)NC(c2ccccc2)N1. The van der Waals surface area contributed by atoms with Gasteiger partial charge in [-0.1, -0.05) is 115 Å². The molecule has 48 heavy (non-hydrogen) atoms. The van der Waals surface area contributed by atoms with Gasteiger partial charge in [-0.05, 0) is 51.2 Å². The predicted molar refractivity (Wildman–Crippen MR) is 199 cm³/mol. The smallest absolute Gasteiger partial charge is 0.135 e. The van der Waals surface area contributed by atoms with Crippen LogP contribution in [0.15, 0.2) is 149 Å². The maximum atomic E-state index is 6.61. The van der Waals surface area contributed by atoms with Gasteiger partial charge in [0.15, 0.2) is 0 Å². The van der Waals surface area contributed by atoms with Crippen LogP contribution in [0.4, 0.5) is 0 Å². The molecular weight excluding hydrogens is 609 g/mol. The molecule has 2 aromatic heterocycles. The molecule has 0 bridgehead atoms. The van der Waals surface area contributed by atoms with Crippen molar-refractivity contribution in [2.24, 2.45) is 4.99 Å². The average molecular weight is 639 g/mol. The molecule has 2 aliphatic rings. The number of benzene rings is 6. The van der Waals surface area contributed by atoms with Gasteiger partial charge in [0, 0.05) is 42.9 Å². The number of hydrogen-bond donors (Lipinski definition) is 3. The molecular formula is C42H30N4OS. The first-order valence-corrected chi connectivity index (χ1v) is 17.1. The highest BCUT2D eigenvalue weighted by atomic mass is 32.1. The molecule has 10 rings (SSSR count). The number of thiophene rings is 1. The Labute approximate surface area is 281 Å². The van der Waals surface area contributed by atoms with Crippen LogP contribution in [-0.2, 0) is 6.54 Å². The van der Waals surface area contributed by atoms with Gasteiger partial charge in [-0.15, -0.1) is 11.3 Å². The second-order valence-corrected chi connectivity index (χ2v) is 13.5. The second-order valence-electron chi connectivity index (χ2n) is 12.5. The lowest BCUT2D eigenvalue weighted by Crippen LogP contribution is -2.51. The van der Waals surface area contributed by atoms with Crippen molar-refractivity contribution in [3.05, 3.63) is 162 Å². The number of nitrogens with one attached hydrogen (secondary N) is 3. The summed E-state index contributed by atoms with van der Waals surface area (Å²) in [7, 11) is 0. The molecule has 8 aromatic rings. The van der Waals surface area contributed by atoms with E-state index in [9.17, 15) is 0 Å². The fraction of sp³-hybridized carbons (Fsp3) is 0.0714. The lowest BCUT2D eigenvalue weighted by atomic mass is 9.96. The van der Waals surface area contributed by atoms with E-state index in [0.717, 1.165) is 50.4 Å². The Morgan fingerprint density at radius 3 is 2.19 bits per heavy atom. The largest absolute Gasteiger partial charge is 0.458 e. The zero-order valence-electron chi connectivity index (χ0n) is 25.9. The monoisotopic (exact) mass is 638 g/mol. The van der Waals surface area contributed by atoms with Crippen molar-refractivity contribution >= 4 is 65.0 Å². The molecule has 0 amide bonds. The number of furan rings is 1. The molecule has 2 unspecified atom stereocenters. The Bertz CT molecular complexity index is 2530. The summed E-state index contributed by atoms with van der Waals surface area (Å²) in [6.45, 7) is 0.511. The van der Waals surface area contributed by atoms with E-state index < -0.39 is 0 Å². The van der Waals surface area contributed by atoms with E-state index in [-0.39, 0.29) is 12.3 Å². The Balaban J connectivity index is 1.10. The summed E-state index contributed by atoms with van der Waals surface area (Å²) in [5.74, 6) is 1.81. The van der Waals surface area contributed by atoms with E-state index in [1.54, 1.807) is 0 Å². The number of rotatable bonds is 3. The van der Waals surface area contributed by atoms with Gasteiger partial charge in [-0.3, -0.25) is 10.3 Å². The molecule has 2 aliphatic heterocycles. The van der Waals surface area contributed by atoms with Crippen LogP contribution in [0.3, 0.4) is 0 Å². The van der Waals surface area contributed by atoms with Crippen molar-refractivity contribution in [1.82, 2.24) is 16.0 Å². The summed E-state index contributed by atoms with van der Waals surface area (Å²) in [6, 6.07) is 47.5. The lowest BCUT2D eigenvalue weighted by Gasteiger charge is -2.37. The standard InChI is InChI=1S/C42H30N4OS/c1-3-11-26(12-4-1)40-44-41(27-13-5-2-6-14-27)46-42(45-40)33-23-43-24-35-37(33)31-20-18-28(22-34(31)47-35)30-16-9-17-32-38-29-15-8-7-10-25(29)19-21-36(38)48-39(30)32/h1-23,40-41,44-46H,24H2. The highest BCUT2D eigenvalue weighted by Gasteiger charge is 2.30. The summed E-state index contributed by atoms with van der Waals surface area (Å²) in [4.78, 5) is 4.76. The summed E-state index contributed by atoms with van der Waals surface area (Å²) in [5, 5.41) is 17.5. The molecule has 230 valence electrons. The van der Waals surface area contributed by atoms with Crippen LogP contribution < -0.4 is 16.0 Å². The Hall–Kier alpha value is -5.69. The number of aliphatic imine (C=N–C) groups is 1. The molecule has 0 spiro atoms. The molecule has 5 nitrogen and oxygen atoms in total. The normalized spacial score (nSPS) is 17.6. The van der Waals surface area contributed by atoms with Crippen molar-refractivity contribution in [3.63, 3.8) is 0 Å². The lowest BCUT2D eigenvalue weighted by molar-refractivity contribution is 0.313. The van der Waals surface area contributed by atoms with Crippen LogP contribution in [0.1, 0.15) is 34.8 Å². The zero-order chi connectivity index (χ0) is 31.6. The van der Waals surface area contributed by atoms with Crippen molar-refractivity contribution < 1.29 is 4.42 Å². The number of nitrogens with zero attached hydrogens (tertiary/aromatic N) is 1. The van der Waals surface area contributed by atoms with Crippen molar-refractivity contribution in [1.29, 1.82) is 0 Å². The molecule has 2 atom stereocenters. The summed E-state index contributed by atoms with van der Waals surface area (Å²) >= 11 is 1.87. The number of hydrogen-bond acceptors (Lipinski definition) is 6. The third-order valence-corrected chi connectivity index (χ3v) is 10.8. The quantitative estimate of drug-likeness (QED) is 0.180. The summed E-state index contributed by atoms with van der Waals surface area (Å²) < 4.78 is 9.22. The van der Waals surface area contributed by atoms with Crippen LogP contribution in [0, 0.1) is 0 Å². The fourth-order valence-electron chi connectivity index (χ4n) is 7.38. The number of allylic oxidation sites excluding steroid dienone is 1. The summed E-state index contributed by atoms with van der Waals surface area (Å²) in [6.07, 6.45) is 1.79. The Morgan fingerprint density at radius 2 is 1.40 bits per heavy atom. The topological polar surface area (TPSA) is 61.6 Å². The van der Waals surface area contributed by atoms with Gasteiger partial charge in [0.05, 0.1) is 6.54 Å². The van der Waals surface area contributed by atoms with Gasteiger partial charge >= 0.3 is 0 Å². The Morgan fingerprint density at radius 1 is 0.667 bits per heavy atom. The van der Waals surface area contributed by atoms with E-state index in [0.29, 0.717) is 6.54 Å². The second kappa shape index (κ2) is 10.9.